The van der Waals surface area contributed by atoms with Gasteiger partial charge in [0.15, 0.2) is 0 Å². The van der Waals surface area contributed by atoms with Gasteiger partial charge in [-0.05, 0) is 60.2 Å². The van der Waals surface area contributed by atoms with Gasteiger partial charge in [-0.3, -0.25) is 0 Å². The van der Waals surface area contributed by atoms with Crippen LogP contribution in [0.1, 0.15) is 29.5 Å². The third kappa shape index (κ3) is 2.38. The molecule has 1 aliphatic carbocycles. The molecule has 0 aromatic heterocycles. The van der Waals surface area contributed by atoms with Crippen LogP contribution in [-0.2, 0) is 12.0 Å². The van der Waals surface area contributed by atoms with Crippen molar-refractivity contribution in [3.8, 4) is 11.5 Å². The number of aryl methyl sites for hydroxylation is 1. The maximum Gasteiger partial charge on any atom is 0.119 e. The molecule has 3 nitrogen and oxygen atoms in total. The van der Waals surface area contributed by atoms with Crippen molar-refractivity contribution in [1.29, 1.82) is 0 Å². The molecule has 2 aromatic rings. The molecular formula is C18H20O3. The molecule has 1 aliphatic rings. The molecule has 0 aliphatic heterocycles. The Labute approximate surface area is 125 Å². The second kappa shape index (κ2) is 5.41. The van der Waals surface area contributed by atoms with Gasteiger partial charge in [0.1, 0.15) is 17.1 Å². The molecule has 1 atom stereocenters. The van der Waals surface area contributed by atoms with Crippen LogP contribution in [0.3, 0.4) is 0 Å². The molecule has 0 bridgehead atoms. The minimum atomic E-state index is -0.924. The number of methoxy groups -OCH3 is 2. The molecule has 110 valence electrons. The lowest BCUT2D eigenvalue weighted by atomic mass is 9.75. The summed E-state index contributed by atoms with van der Waals surface area (Å²) in [6, 6.07) is 13.6. The van der Waals surface area contributed by atoms with Crippen LogP contribution in [-0.4, -0.2) is 19.3 Å². The van der Waals surface area contributed by atoms with Gasteiger partial charge in [0, 0.05) is 0 Å². The van der Waals surface area contributed by atoms with Crippen molar-refractivity contribution < 1.29 is 14.6 Å². The first-order chi connectivity index (χ1) is 10.2. The van der Waals surface area contributed by atoms with Crippen molar-refractivity contribution in [3.05, 3.63) is 59.2 Å². The highest BCUT2D eigenvalue weighted by molar-refractivity contribution is 5.47. The molecule has 0 heterocycles. The van der Waals surface area contributed by atoms with E-state index in [1.807, 2.05) is 42.5 Å². The maximum atomic E-state index is 11.2. The Balaban J connectivity index is 2.05. The SMILES string of the molecule is COc1ccc([C@]2(O)CCCc3cc(OC)ccc32)cc1. The Morgan fingerprint density at radius 1 is 0.952 bits per heavy atom. The molecule has 0 amide bonds. The topological polar surface area (TPSA) is 38.7 Å². The van der Waals surface area contributed by atoms with E-state index in [0.29, 0.717) is 0 Å². The van der Waals surface area contributed by atoms with Gasteiger partial charge in [0.2, 0.25) is 0 Å². The fraction of sp³-hybridized carbons (Fsp3) is 0.333. The largest absolute Gasteiger partial charge is 0.497 e. The second-order valence-corrected chi connectivity index (χ2v) is 5.47. The van der Waals surface area contributed by atoms with Crippen LogP contribution >= 0.6 is 0 Å². The van der Waals surface area contributed by atoms with Crippen molar-refractivity contribution in [2.24, 2.45) is 0 Å². The first-order valence-corrected chi connectivity index (χ1v) is 7.21. The average molecular weight is 284 g/mol. The van der Waals surface area contributed by atoms with E-state index in [0.717, 1.165) is 41.9 Å². The molecule has 0 unspecified atom stereocenters. The fourth-order valence-corrected chi connectivity index (χ4v) is 3.14. The summed E-state index contributed by atoms with van der Waals surface area (Å²) < 4.78 is 10.5. The minimum Gasteiger partial charge on any atom is -0.497 e. The standard InChI is InChI=1S/C18H20O3/c1-20-15-7-5-14(6-8-15)18(19)11-3-4-13-12-16(21-2)9-10-17(13)18/h5-10,12,19H,3-4,11H2,1-2H3/t18-/m1/s1. The number of rotatable bonds is 3. The number of hydrogen-bond acceptors (Lipinski definition) is 3. The van der Waals surface area contributed by atoms with Gasteiger partial charge in [-0.1, -0.05) is 18.2 Å². The predicted molar refractivity (Wildman–Crippen MR) is 81.9 cm³/mol. The van der Waals surface area contributed by atoms with Crippen molar-refractivity contribution in [3.63, 3.8) is 0 Å². The zero-order valence-electron chi connectivity index (χ0n) is 12.4. The Morgan fingerprint density at radius 2 is 1.62 bits per heavy atom. The van der Waals surface area contributed by atoms with E-state index < -0.39 is 5.60 Å². The predicted octanol–water partition coefficient (Wildman–Crippen LogP) is 3.28. The van der Waals surface area contributed by atoms with Crippen molar-refractivity contribution in [1.82, 2.24) is 0 Å². The lowest BCUT2D eigenvalue weighted by Crippen LogP contribution is -2.31. The first-order valence-electron chi connectivity index (χ1n) is 7.21. The highest BCUT2D eigenvalue weighted by atomic mass is 16.5. The third-order valence-electron chi connectivity index (χ3n) is 4.31. The van der Waals surface area contributed by atoms with Crippen LogP contribution in [0.25, 0.3) is 0 Å². The molecule has 3 rings (SSSR count). The third-order valence-corrected chi connectivity index (χ3v) is 4.31. The summed E-state index contributed by atoms with van der Waals surface area (Å²) in [5, 5.41) is 11.2. The molecule has 21 heavy (non-hydrogen) atoms. The van der Waals surface area contributed by atoms with E-state index in [9.17, 15) is 5.11 Å². The van der Waals surface area contributed by atoms with Gasteiger partial charge in [-0.2, -0.15) is 0 Å². The van der Waals surface area contributed by atoms with E-state index in [4.69, 9.17) is 9.47 Å². The molecule has 0 saturated heterocycles. The number of ether oxygens (including phenoxy) is 2. The molecule has 0 fully saturated rings. The zero-order chi connectivity index (χ0) is 14.9. The Morgan fingerprint density at radius 3 is 2.29 bits per heavy atom. The normalized spacial score (nSPS) is 20.7. The monoisotopic (exact) mass is 284 g/mol. The van der Waals surface area contributed by atoms with Crippen LogP contribution < -0.4 is 9.47 Å². The summed E-state index contributed by atoms with van der Waals surface area (Å²) in [6.07, 6.45) is 2.67. The van der Waals surface area contributed by atoms with Crippen molar-refractivity contribution in [2.75, 3.05) is 14.2 Å². The maximum absolute atomic E-state index is 11.2. The molecular weight excluding hydrogens is 264 g/mol. The number of fused-ring (bicyclic) bond motifs is 1. The Bertz CT molecular complexity index is 633. The van der Waals surface area contributed by atoms with Crippen LogP contribution in [0.15, 0.2) is 42.5 Å². The minimum absolute atomic E-state index is 0.735. The highest BCUT2D eigenvalue weighted by Crippen LogP contribution is 2.41. The van der Waals surface area contributed by atoms with Crippen molar-refractivity contribution >= 4 is 0 Å². The van der Waals surface area contributed by atoms with Crippen LogP contribution in [0.2, 0.25) is 0 Å². The summed E-state index contributed by atoms with van der Waals surface area (Å²) in [4.78, 5) is 0. The fourth-order valence-electron chi connectivity index (χ4n) is 3.14. The first kappa shape index (κ1) is 14.0. The molecule has 0 radical (unpaired) electrons. The van der Waals surface area contributed by atoms with Gasteiger partial charge in [0.05, 0.1) is 14.2 Å². The van der Waals surface area contributed by atoms with E-state index in [1.54, 1.807) is 14.2 Å². The second-order valence-electron chi connectivity index (χ2n) is 5.47. The average Bonchev–Trinajstić information content (AvgIpc) is 2.54. The van der Waals surface area contributed by atoms with E-state index in [-0.39, 0.29) is 0 Å². The highest BCUT2D eigenvalue weighted by Gasteiger charge is 2.36. The molecule has 2 aromatic carbocycles. The van der Waals surface area contributed by atoms with Gasteiger partial charge >= 0.3 is 0 Å². The number of hydrogen-bond donors (Lipinski definition) is 1. The van der Waals surface area contributed by atoms with Crippen LogP contribution in [0, 0.1) is 0 Å². The lowest BCUT2D eigenvalue weighted by molar-refractivity contribution is 0.0615. The van der Waals surface area contributed by atoms with Crippen LogP contribution in [0.5, 0.6) is 11.5 Å². The number of benzene rings is 2. The van der Waals surface area contributed by atoms with E-state index in [2.05, 4.69) is 0 Å². The van der Waals surface area contributed by atoms with Gasteiger partial charge < -0.3 is 14.6 Å². The molecule has 0 saturated carbocycles. The van der Waals surface area contributed by atoms with E-state index in [1.165, 1.54) is 5.56 Å². The van der Waals surface area contributed by atoms with Crippen LogP contribution in [0.4, 0.5) is 0 Å². The molecule has 0 spiro atoms. The smallest absolute Gasteiger partial charge is 0.119 e. The summed E-state index contributed by atoms with van der Waals surface area (Å²) in [5.41, 5.74) is 2.14. The van der Waals surface area contributed by atoms with Gasteiger partial charge in [-0.15, -0.1) is 0 Å². The summed E-state index contributed by atoms with van der Waals surface area (Å²) in [7, 11) is 3.31. The van der Waals surface area contributed by atoms with Crippen molar-refractivity contribution in [2.45, 2.75) is 24.9 Å². The van der Waals surface area contributed by atoms with Gasteiger partial charge in [-0.25, -0.2) is 0 Å². The summed E-state index contributed by atoms with van der Waals surface area (Å²) >= 11 is 0. The molecule has 1 N–H and O–H groups in total. The lowest BCUT2D eigenvalue weighted by Gasteiger charge is -2.35. The number of aliphatic hydroxyl groups is 1. The summed E-state index contributed by atoms with van der Waals surface area (Å²) in [6.45, 7) is 0. The van der Waals surface area contributed by atoms with Gasteiger partial charge in [0.25, 0.3) is 0 Å². The quantitative estimate of drug-likeness (QED) is 0.940. The zero-order valence-corrected chi connectivity index (χ0v) is 12.4. The van der Waals surface area contributed by atoms with E-state index >= 15 is 0 Å². The summed E-state index contributed by atoms with van der Waals surface area (Å²) in [5.74, 6) is 1.64. The Kier molecular flexibility index (Phi) is 3.60. The Hall–Kier alpha value is -2.00. The molecule has 3 heteroatoms.